The van der Waals surface area contributed by atoms with Gasteiger partial charge < -0.3 is 5.32 Å². The highest BCUT2D eigenvalue weighted by Crippen LogP contribution is 2.27. The second kappa shape index (κ2) is 4.46. The van der Waals surface area contributed by atoms with E-state index in [2.05, 4.69) is 24.2 Å². The van der Waals surface area contributed by atoms with Gasteiger partial charge in [0.25, 0.3) is 0 Å². The van der Waals surface area contributed by atoms with Gasteiger partial charge in [0.2, 0.25) is 0 Å². The van der Waals surface area contributed by atoms with Crippen molar-refractivity contribution in [2.75, 3.05) is 17.3 Å². The van der Waals surface area contributed by atoms with Crippen molar-refractivity contribution in [3.8, 4) is 0 Å². The van der Waals surface area contributed by atoms with Gasteiger partial charge in [0.05, 0.1) is 23.1 Å². The summed E-state index contributed by atoms with van der Waals surface area (Å²) < 4.78 is 23.0. The molecule has 0 saturated carbocycles. The maximum atomic E-state index is 11.5. The van der Waals surface area contributed by atoms with Gasteiger partial charge in [-0.2, -0.15) is 0 Å². The summed E-state index contributed by atoms with van der Waals surface area (Å²) >= 11 is 1.70. The number of nitrogens with zero attached hydrogens (tertiary/aromatic N) is 1. The van der Waals surface area contributed by atoms with Crippen LogP contribution in [-0.4, -0.2) is 42.4 Å². The largest absolute Gasteiger partial charge is 0.359 e. The fourth-order valence-electron chi connectivity index (χ4n) is 2.13. The Morgan fingerprint density at radius 3 is 2.71 bits per heavy atom. The van der Waals surface area contributed by atoms with Gasteiger partial charge in [-0.1, -0.05) is 18.7 Å². The molecule has 4 nitrogen and oxygen atoms in total. The van der Waals surface area contributed by atoms with E-state index in [0.717, 1.165) is 10.9 Å². The van der Waals surface area contributed by atoms with Crippen molar-refractivity contribution in [3.05, 3.63) is 0 Å². The molecule has 2 heterocycles. The molecule has 3 atom stereocenters. The third kappa shape index (κ3) is 3.16. The zero-order chi connectivity index (χ0) is 12.7. The summed E-state index contributed by atoms with van der Waals surface area (Å²) in [6.45, 7) is 6.28. The first-order valence-electron chi connectivity index (χ1n) is 5.99. The van der Waals surface area contributed by atoms with Crippen LogP contribution in [0.2, 0.25) is 0 Å². The van der Waals surface area contributed by atoms with Crippen LogP contribution >= 0.6 is 11.8 Å². The van der Waals surface area contributed by atoms with Crippen molar-refractivity contribution in [3.63, 3.8) is 0 Å². The van der Waals surface area contributed by atoms with Gasteiger partial charge >= 0.3 is 0 Å². The topological polar surface area (TPSA) is 58.5 Å². The van der Waals surface area contributed by atoms with E-state index >= 15 is 0 Å². The summed E-state index contributed by atoms with van der Waals surface area (Å²) in [5.41, 5.74) is -0.328. The van der Waals surface area contributed by atoms with Crippen LogP contribution in [0.5, 0.6) is 0 Å². The lowest BCUT2D eigenvalue weighted by Gasteiger charge is -2.30. The Labute approximate surface area is 108 Å². The Morgan fingerprint density at radius 2 is 2.18 bits per heavy atom. The van der Waals surface area contributed by atoms with Gasteiger partial charge in [0, 0.05) is 5.75 Å². The van der Waals surface area contributed by atoms with E-state index in [9.17, 15) is 8.42 Å². The molecule has 0 aromatic heterocycles. The predicted molar refractivity (Wildman–Crippen MR) is 73.3 cm³/mol. The molecule has 1 fully saturated rings. The molecule has 2 aliphatic heterocycles. The van der Waals surface area contributed by atoms with Gasteiger partial charge in [-0.3, -0.25) is 4.99 Å². The number of rotatable bonds is 1. The number of sulfone groups is 1. The zero-order valence-electron chi connectivity index (χ0n) is 10.6. The second-order valence-corrected chi connectivity index (χ2v) is 8.68. The first kappa shape index (κ1) is 13.2. The van der Waals surface area contributed by atoms with Crippen LogP contribution in [0.4, 0.5) is 0 Å². The molecule has 98 valence electrons. The maximum absolute atomic E-state index is 11.5. The molecule has 0 amide bonds. The SMILES string of the molecule is CC1CSC(NC2(C)CCS(=O)(=O)C2)=NC1C. The molecule has 2 aliphatic rings. The number of nitrogens with one attached hydrogen (secondary N) is 1. The molecule has 0 spiro atoms. The van der Waals surface area contributed by atoms with Crippen LogP contribution in [-0.2, 0) is 9.84 Å². The van der Waals surface area contributed by atoms with E-state index in [0.29, 0.717) is 24.1 Å². The van der Waals surface area contributed by atoms with E-state index < -0.39 is 9.84 Å². The smallest absolute Gasteiger partial charge is 0.157 e. The lowest BCUT2D eigenvalue weighted by molar-refractivity contribution is 0.467. The van der Waals surface area contributed by atoms with Crippen LogP contribution in [0.3, 0.4) is 0 Å². The van der Waals surface area contributed by atoms with E-state index in [4.69, 9.17) is 0 Å². The fraction of sp³-hybridized carbons (Fsp3) is 0.909. The normalized spacial score (nSPS) is 41.0. The highest BCUT2D eigenvalue weighted by atomic mass is 32.2. The number of amidine groups is 1. The Morgan fingerprint density at radius 1 is 1.47 bits per heavy atom. The van der Waals surface area contributed by atoms with Crippen molar-refractivity contribution >= 4 is 26.8 Å². The van der Waals surface area contributed by atoms with Crippen molar-refractivity contribution < 1.29 is 8.42 Å². The summed E-state index contributed by atoms with van der Waals surface area (Å²) in [7, 11) is -2.86. The first-order chi connectivity index (χ1) is 7.80. The zero-order valence-corrected chi connectivity index (χ0v) is 12.2. The van der Waals surface area contributed by atoms with Crippen molar-refractivity contribution in [1.29, 1.82) is 0 Å². The first-order valence-corrected chi connectivity index (χ1v) is 8.80. The highest BCUT2D eigenvalue weighted by Gasteiger charge is 2.39. The minimum absolute atomic E-state index is 0.226. The quantitative estimate of drug-likeness (QED) is 0.784. The van der Waals surface area contributed by atoms with Gasteiger partial charge in [-0.05, 0) is 26.2 Å². The van der Waals surface area contributed by atoms with Crippen LogP contribution in [0.1, 0.15) is 27.2 Å². The van der Waals surface area contributed by atoms with Gasteiger partial charge in [-0.25, -0.2) is 8.42 Å². The summed E-state index contributed by atoms with van der Waals surface area (Å²) in [4.78, 5) is 4.59. The monoisotopic (exact) mass is 276 g/mol. The Hall–Kier alpha value is -0.230. The van der Waals surface area contributed by atoms with E-state index in [-0.39, 0.29) is 11.3 Å². The molecule has 6 heteroatoms. The molecular weight excluding hydrogens is 256 g/mol. The lowest BCUT2D eigenvalue weighted by atomic mass is 10.0. The van der Waals surface area contributed by atoms with Crippen LogP contribution in [0.25, 0.3) is 0 Å². The maximum Gasteiger partial charge on any atom is 0.157 e. The minimum atomic E-state index is -2.86. The van der Waals surface area contributed by atoms with Crippen LogP contribution in [0.15, 0.2) is 4.99 Å². The Balaban J connectivity index is 2.05. The minimum Gasteiger partial charge on any atom is -0.359 e. The lowest BCUT2D eigenvalue weighted by Crippen LogP contribution is -2.47. The van der Waals surface area contributed by atoms with Gasteiger partial charge in [0.1, 0.15) is 0 Å². The summed E-state index contributed by atoms with van der Waals surface area (Å²) in [5, 5.41) is 4.25. The molecule has 0 aliphatic carbocycles. The van der Waals surface area contributed by atoms with Gasteiger partial charge in [0.15, 0.2) is 15.0 Å². The summed E-state index contributed by atoms with van der Waals surface area (Å²) in [5.74, 6) is 2.16. The molecule has 3 unspecified atom stereocenters. The predicted octanol–water partition coefficient (Wildman–Crippen LogP) is 1.28. The number of hydrogen-bond donors (Lipinski definition) is 1. The molecule has 0 radical (unpaired) electrons. The molecule has 1 saturated heterocycles. The second-order valence-electron chi connectivity index (χ2n) is 5.49. The molecule has 0 aromatic carbocycles. The molecule has 0 bridgehead atoms. The highest BCUT2D eigenvalue weighted by molar-refractivity contribution is 8.13. The van der Waals surface area contributed by atoms with Crippen LogP contribution in [0, 0.1) is 5.92 Å². The molecule has 2 rings (SSSR count). The fourth-order valence-corrected chi connectivity index (χ4v) is 5.49. The van der Waals surface area contributed by atoms with Crippen molar-refractivity contribution in [1.82, 2.24) is 5.32 Å². The molecule has 17 heavy (non-hydrogen) atoms. The third-order valence-electron chi connectivity index (χ3n) is 3.54. The number of aliphatic imine (C=N–C) groups is 1. The van der Waals surface area contributed by atoms with Crippen molar-refractivity contribution in [2.24, 2.45) is 10.9 Å². The Bertz CT molecular complexity index is 433. The average molecular weight is 276 g/mol. The van der Waals surface area contributed by atoms with E-state index in [1.54, 1.807) is 11.8 Å². The van der Waals surface area contributed by atoms with Crippen molar-refractivity contribution in [2.45, 2.75) is 38.8 Å². The number of hydrogen-bond acceptors (Lipinski definition) is 5. The average Bonchev–Trinajstić information content (AvgIpc) is 2.47. The molecule has 0 aromatic rings. The Kier molecular flexibility index (Phi) is 3.47. The summed E-state index contributed by atoms with van der Waals surface area (Å²) in [6, 6.07) is 0.320. The van der Waals surface area contributed by atoms with Crippen LogP contribution < -0.4 is 5.32 Å². The summed E-state index contributed by atoms with van der Waals surface area (Å²) in [6.07, 6.45) is 0.679. The standard InChI is InChI=1S/C11H20N2O2S2/c1-8-6-16-10(12-9(8)2)13-11(3)4-5-17(14,15)7-11/h8-9H,4-7H2,1-3H3,(H,12,13). The molecular formula is C11H20N2O2S2. The van der Waals surface area contributed by atoms with E-state index in [1.165, 1.54) is 0 Å². The molecule has 1 N–H and O–H groups in total. The van der Waals surface area contributed by atoms with E-state index in [1.807, 2.05) is 6.92 Å². The number of thioether (sulfide) groups is 1. The third-order valence-corrected chi connectivity index (χ3v) is 6.62. The van der Waals surface area contributed by atoms with Gasteiger partial charge in [-0.15, -0.1) is 0 Å².